The number of nitro benzene ring substituents is 1. The number of hydrogen-bond acceptors (Lipinski definition) is 4. The smallest absolute Gasteiger partial charge is 0.285 e. The lowest BCUT2D eigenvalue weighted by molar-refractivity contribution is -0.385. The predicted octanol–water partition coefficient (Wildman–Crippen LogP) is 4.08. The number of nitrogens with zero attached hydrogens (tertiary/aromatic N) is 1. The summed E-state index contributed by atoms with van der Waals surface area (Å²) in [7, 11) is 0. The minimum Gasteiger partial charge on any atom is -0.382 e. The summed E-state index contributed by atoms with van der Waals surface area (Å²) in [5, 5.41) is 17.9. The van der Waals surface area contributed by atoms with Crippen molar-refractivity contribution in [2.75, 3.05) is 11.9 Å². The molecular formula is C15H22BrN3O2. The molecule has 1 aliphatic rings. The zero-order valence-electron chi connectivity index (χ0n) is 12.3. The van der Waals surface area contributed by atoms with Gasteiger partial charge in [0.2, 0.25) is 0 Å². The molecule has 1 heterocycles. The van der Waals surface area contributed by atoms with Gasteiger partial charge in [-0.05, 0) is 60.8 Å². The van der Waals surface area contributed by atoms with E-state index < -0.39 is 0 Å². The van der Waals surface area contributed by atoms with Crippen LogP contribution in [-0.2, 0) is 0 Å². The molecule has 21 heavy (non-hydrogen) atoms. The zero-order valence-corrected chi connectivity index (χ0v) is 13.9. The third-order valence-corrected chi connectivity index (χ3v) is 4.53. The highest BCUT2D eigenvalue weighted by molar-refractivity contribution is 9.10. The summed E-state index contributed by atoms with van der Waals surface area (Å²) in [6.45, 7) is 3.22. The molecule has 2 N–H and O–H groups in total. The number of nitro groups is 1. The van der Waals surface area contributed by atoms with Gasteiger partial charge in [-0.2, -0.15) is 0 Å². The highest BCUT2D eigenvalue weighted by Gasteiger charge is 2.16. The molecule has 6 heteroatoms. The average Bonchev–Trinajstić information content (AvgIpc) is 2.69. The fourth-order valence-corrected chi connectivity index (χ4v) is 3.21. The second-order valence-corrected chi connectivity index (χ2v) is 6.56. The van der Waals surface area contributed by atoms with Crippen molar-refractivity contribution in [1.82, 2.24) is 5.32 Å². The van der Waals surface area contributed by atoms with Crippen LogP contribution in [0.2, 0.25) is 0 Å². The molecule has 1 aromatic carbocycles. The van der Waals surface area contributed by atoms with Crippen LogP contribution >= 0.6 is 15.9 Å². The van der Waals surface area contributed by atoms with Gasteiger partial charge >= 0.3 is 0 Å². The second kappa shape index (κ2) is 7.75. The van der Waals surface area contributed by atoms with E-state index in [1.54, 1.807) is 12.1 Å². The minimum atomic E-state index is -0.368. The van der Waals surface area contributed by atoms with Crippen LogP contribution in [0.25, 0.3) is 0 Å². The first-order valence-corrected chi connectivity index (χ1v) is 8.29. The van der Waals surface area contributed by atoms with E-state index in [2.05, 4.69) is 33.5 Å². The van der Waals surface area contributed by atoms with Crippen LogP contribution in [0.15, 0.2) is 22.7 Å². The standard InChI is InChI=1S/C15H22BrN3O2/c1-11(9-12-5-3-2-4-8-17-12)18-13-6-7-14(16)15(10-13)19(20)21/h6-7,10-12,17-18H,2-5,8-9H2,1H3. The molecule has 0 aromatic heterocycles. The second-order valence-electron chi connectivity index (χ2n) is 5.70. The first kappa shape index (κ1) is 16.2. The quantitative estimate of drug-likeness (QED) is 0.616. The number of anilines is 1. The van der Waals surface area contributed by atoms with Gasteiger partial charge in [0, 0.05) is 23.8 Å². The van der Waals surface area contributed by atoms with Gasteiger partial charge in [-0.25, -0.2) is 0 Å². The lowest BCUT2D eigenvalue weighted by atomic mass is 10.0. The van der Waals surface area contributed by atoms with Crippen LogP contribution in [0.5, 0.6) is 0 Å². The Morgan fingerprint density at radius 3 is 3.05 bits per heavy atom. The van der Waals surface area contributed by atoms with Crippen molar-refractivity contribution >= 4 is 27.3 Å². The molecular weight excluding hydrogens is 334 g/mol. The van der Waals surface area contributed by atoms with E-state index in [0.717, 1.165) is 18.7 Å². The largest absolute Gasteiger partial charge is 0.382 e. The molecule has 116 valence electrons. The van der Waals surface area contributed by atoms with Gasteiger partial charge in [0.15, 0.2) is 0 Å². The molecule has 2 atom stereocenters. The molecule has 0 bridgehead atoms. The summed E-state index contributed by atoms with van der Waals surface area (Å²) in [6.07, 6.45) is 6.10. The molecule has 0 aliphatic carbocycles. The third kappa shape index (κ3) is 4.97. The summed E-state index contributed by atoms with van der Waals surface area (Å²) in [5.74, 6) is 0. The van der Waals surface area contributed by atoms with E-state index in [1.165, 1.54) is 25.7 Å². The van der Waals surface area contributed by atoms with Crippen LogP contribution in [-0.4, -0.2) is 23.6 Å². The molecule has 0 saturated carbocycles. The fourth-order valence-electron chi connectivity index (χ4n) is 2.81. The molecule has 0 radical (unpaired) electrons. The molecule has 2 rings (SSSR count). The number of nitrogens with one attached hydrogen (secondary N) is 2. The van der Waals surface area contributed by atoms with E-state index in [-0.39, 0.29) is 16.7 Å². The highest BCUT2D eigenvalue weighted by Crippen LogP contribution is 2.28. The monoisotopic (exact) mass is 355 g/mol. The van der Waals surface area contributed by atoms with Gasteiger partial charge in [-0.1, -0.05) is 12.8 Å². The van der Waals surface area contributed by atoms with Gasteiger partial charge in [-0.15, -0.1) is 0 Å². The highest BCUT2D eigenvalue weighted by atomic mass is 79.9. The number of benzene rings is 1. The molecule has 1 fully saturated rings. The Morgan fingerprint density at radius 1 is 1.48 bits per heavy atom. The third-order valence-electron chi connectivity index (χ3n) is 3.86. The Morgan fingerprint density at radius 2 is 2.29 bits per heavy atom. The van der Waals surface area contributed by atoms with Crippen molar-refractivity contribution in [1.29, 1.82) is 0 Å². The molecule has 0 spiro atoms. The van der Waals surface area contributed by atoms with Crippen molar-refractivity contribution in [2.45, 2.75) is 51.1 Å². The van der Waals surface area contributed by atoms with Crippen LogP contribution < -0.4 is 10.6 Å². The number of halogens is 1. The fraction of sp³-hybridized carbons (Fsp3) is 0.600. The lowest BCUT2D eigenvalue weighted by Crippen LogP contribution is -2.33. The predicted molar refractivity (Wildman–Crippen MR) is 88.8 cm³/mol. The van der Waals surface area contributed by atoms with Crippen LogP contribution in [0.1, 0.15) is 39.0 Å². The average molecular weight is 356 g/mol. The van der Waals surface area contributed by atoms with E-state index >= 15 is 0 Å². The van der Waals surface area contributed by atoms with Gasteiger partial charge in [-0.3, -0.25) is 10.1 Å². The number of hydrogen-bond donors (Lipinski definition) is 2. The van der Waals surface area contributed by atoms with Crippen LogP contribution in [0.3, 0.4) is 0 Å². The molecule has 5 nitrogen and oxygen atoms in total. The number of rotatable bonds is 5. The molecule has 1 aromatic rings. The van der Waals surface area contributed by atoms with Gasteiger partial charge in [0.25, 0.3) is 5.69 Å². The zero-order chi connectivity index (χ0) is 15.2. The summed E-state index contributed by atoms with van der Waals surface area (Å²) in [6, 6.07) is 5.99. The molecule has 2 unspecified atom stereocenters. The Bertz CT molecular complexity index is 488. The van der Waals surface area contributed by atoms with Crippen molar-refractivity contribution in [3.05, 3.63) is 32.8 Å². The van der Waals surface area contributed by atoms with Crippen molar-refractivity contribution in [3.63, 3.8) is 0 Å². The van der Waals surface area contributed by atoms with Gasteiger partial charge in [0.05, 0.1) is 9.40 Å². The van der Waals surface area contributed by atoms with E-state index in [9.17, 15) is 10.1 Å². The van der Waals surface area contributed by atoms with E-state index in [4.69, 9.17) is 0 Å². The van der Waals surface area contributed by atoms with Gasteiger partial charge < -0.3 is 10.6 Å². The first-order valence-electron chi connectivity index (χ1n) is 7.50. The van der Waals surface area contributed by atoms with Gasteiger partial charge in [0.1, 0.15) is 0 Å². The Hall–Kier alpha value is -1.14. The summed E-state index contributed by atoms with van der Waals surface area (Å²) in [5.41, 5.74) is 0.894. The maximum absolute atomic E-state index is 11.0. The Kier molecular flexibility index (Phi) is 5.99. The minimum absolute atomic E-state index is 0.0970. The molecule has 1 aliphatic heterocycles. The summed E-state index contributed by atoms with van der Waals surface area (Å²) >= 11 is 3.21. The maximum Gasteiger partial charge on any atom is 0.285 e. The Labute approximate surface area is 133 Å². The van der Waals surface area contributed by atoms with Crippen LogP contribution in [0.4, 0.5) is 11.4 Å². The summed E-state index contributed by atoms with van der Waals surface area (Å²) < 4.78 is 0.510. The van der Waals surface area contributed by atoms with E-state index in [1.807, 2.05) is 6.07 Å². The maximum atomic E-state index is 11.0. The molecule has 1 saturated heterocycles. The lowest BCUT2D eigenvalue weighted by Gasteiger charge is -2.22. The van der Waals surface area contributed by atoms with Crippen molar-refractivity contribution < 1.29 is 4.92 Å². The molecule has 0 amide bonds. The SMILES string of the molecule is CC(CC1CCCCCN1)Nc1ccc(Br)c([N+](=O)[O-])c1. The van der Waals surface area contributed by atoms with Crippen molar-refractivity contribution in [2.24, 2.45) is 0 Å². The first-order chi connectivity index (χ1) is 10.1. The van der Waals surface area contributed by atoms with Crippen LogP contribution in [0, 0.1) is 10.1 Å². The normalized spacial score (nSPS) is 20.6. The Balaban J connectivity index is 1.94. The summed E-state index contributed by atoms with van der Waals surface area (Å²) in [4.78, 5) is 10.6. The van der Waals surface area contributed by atoms with E-state index in [0.29, 0.717) is 10.5 Å². The van der Waals surface area contributed by atoms with Crippen molar-refractivity contribution in [3.8, 4) is 0 Å². The topological polar surface area (TPSA) is 67.2 Å².